The number of non-ortho nitro benzene ring substituents is 1. The predicted octanol–water partition coefficient (Wildman–Crippen LogP) is 1.53. The smallest absolute Gasteiger partial charge is 0.407 e. The highest BCUT2D eigenvalue weighted by molar-refractivity contribution is 5.85. The standard InChI is InChI=1S/C16H20N4O5.ClH/c21-15(18-8-2-6-17-7-10-18)3-1-9-19-13-5-4-12(20(23)24)11-14(13)25-16(19)22;/h4-5,11,17H,1-3,6-10H2;1H. The molecule has 3 rings (SSSR count). The molecular weight excluding hydrogens is 364 g/mol. The number of carbonyl (C=O) groups is 1. The van der Waals surface area contributed by atoms with Crippen LogP contribution in [0, 0.1) is 10.1 Å². The molecule has 0 bridgehead atoms. The summed E-state index contributed by atoms with van der Waals surface area (Å²) in [5.74, 6) is -0.484. The van der Waals surface area contributed by atoms with Crippen LogP contribution in [0.1, 0.15) is 19.3 Å². The van der Waals surface area contributed by atoms with Gasteiger partial charge in [-0.15, -0.1) is 12.4 Å². The second kappa shape index (κ2) is 8.81. The number of nitro groups is 1. The number of carbonyl (C=O) groups excluding carboxylic acids is 1. The van der Waals surface area contributed by atoms with Crippen molar-refractivity contribution in [2.24, 2.45) is 0 Å². The first-order valence-corrected chi connectivity index (χ1v) is 8.32. The second-order valence-corrected chi connectivity index (χ2v) is 6.02. The third kappa shape index (κ3) is 4.41. The average Bonchev–Trinajstić information content (AvgIpc) is 2.78. The Kier molecular flexibility index (Phi) is 6.76. The molecule has 9 nitrogen and oxygen atoms in total. The summed E-state index contributed by atoms with van der Waals surface area (Å²) < 4.78 is 6.49. The van der Waals surface area contributed by atoms with E-state index in [1.807, 2.05) is 4.90 Å². The SMILES string of the molecule is Cl.O=C(CCCn1c(=O)oc2cc([N+](=O)[O-])ccc21)N1CCCNCC1. The van der Waals surface area contributed by atoms with Gasteiger partial charge < -0.3 is 14.6 Å². The summed E-state index contributed by atoms with van der Waals surface area (Å²) >= 11 is 0. The number of hydrogen-bond acceptors (Lipinski definition) is 6. The van der Waals surface area contributed by atoms with Gasteiger partial charge in [-0.25, -0.2) is 4.79 Å². The summed E-state index contributed by atoms with van der Waals surface area (Å²) in [6, 6.07) is 4.08. The molecule has 1 aromatic carbocycles. The number of rotatable bonds is 5. The zero-order valence-corrected chi connectivity index (χ0v) is 15.0. The summed E-state index contributed by atoms with van der Waals surface area (Å²) in [5.41, 5.74) is 0.560. The molecule has 2 heterocycles. The van der Waals surface area contributed by atoms with Crippen LogP contribution in [0.5, 0.6) is 0 Å². The molecule has 1 aliphatic rings. The number of halogens is 1. The minimum atomic E-state index is -0.568. The lowest BCUT2D eigenvalue weighted by Gasteiger charge is -2.19. The molecule has 0 unspecified atom stereocenters. The summed E-state index contributed by atoms with van der Waals surface area (Å²) in [5, 5.41) is 14.0. The van der Waals surface area contributed by atoms with Crippen molar-refractivity contribution in [2.75, 3.05) is 26.2 Å². The molecule has 1 aliphatic heterocycles. The molecule has 2 aromatic rings. The van der Waals surface area contributed by atoms with Gasteiger partial charge in [0.2, 0.25) is 5.91 Å². The first-order chi connectivity index (χ1) is 12.1. The number of nitrogens with one attached hydrogen (secondary N) is 1. The molecule has 1 amide bonds. The topological polar surface area (TPSA) is 111 Å². The van der Waals surface area contributed by atoms with Crippen LogP contribution in [0.3, 0.4) is 0 Å². The van der Waals surface area contributed by atoms with Crippen LogP contribution < -0.4 is 11.1 Å². The summed E-state index contributed by atoms with van der Waals surface area (Å²) in [7, 11) is 0. The minimum absolute atomic E-state index is 0. The molecule has 1 fully saturated rings. The van der Waals surface area contributed by atoms with E-state index in [4.69, 9.17) is 4.42 Å². The number of nitrogens with zero attached hydrogens (tertiary/aromatic N) is 3. The van der Waals surface area contributed by atoms with Gasteiger partial charge in [-0.2, -0.15) is 0 Å². The molecule has 26 heavy (non-hydrogen) atoms. The maximum absolute atomic E-state index is 12.3. The average molecular weight is 385 g/mol. The Bertz CT molecular complexity index is 839. The van der Waals surface area contributed by atoms with E-state index in [0.717, 1.165) is 26.1 Å². The first kappa shape index (κ1) is 19.9. The van der Waals surface area contributed by atoms with Crippen LogP contribution in [0.15, 0.2) is 27.4 Å². The molecule has 142 valence electrons. The van der Waals surface area contributed by atoms with Gasteiger partial charge in [0.15, 0.2) is 5.58 Å². The number of fused-ring (bicyclic) bond motifs is 1. The van der Waals surface area contributed by atoms with Gasteiger partial charge in [0.05, 0.1) is 16.5 Å². The molecule has 0 saturated carbocycles. The van der Waals surface area contributed by atoms with E-state index in [1.54, 1.807) is 0 Å². The lowest BCUT2D eigenvalue weighted by molar-refractivity contribution is -0.384. The van der Waals surface area contributed by atoms with E-state index in [1.165, 1.54) is 22.8 Å². The van der Waals surface area contributed by atoms with E-state index in [0.29, 0.717) is 31.4 Å². The Morgan fingerprint density at radius 3 is 2.88 bits per heavy atom. The Hall–Kier alpha value is -2.39. The van der Waals surface area contributed by atoms with Gasteiger partial charge in [-0.1, -0.05) is 0 Å². The van der Waals surface area contributed by atoms with E-state index >= 15 is 0 Å². The quantitative estimate of drug-likeness (QED) is 0.618. The van der Waals surface area contributed by atoms with Gasteiger partial charge >= 0.3 is 5.76 Å². The summed E-state index contributed by atoms with van der Waals surface area (Å²) in [6.07, 6.45) is 1.80. The van der Waals surface area contributed by atoms with E-state index in [2.05, 4.69) is 5.32 Å². The molecule has 0 atom stereocenters. The maximum atomic E-state index is 12.3. The Morgan fingerprint density at radius 1 is 1.31 bits per heavy atom. The Morgan fingerprint density at radius 2 is 2.12 bits per heavy atom. The highest BCUT2D eigenvalue weighted by Crippen LogP contribution is 2.20. The molecule has 0 radical (unpaired) electrons. The fourth-order valence-electron chi connectivity index (χ4n) is 3.02. The van der Waals surface area contributed by atoms with Gasteiger partial charge in [-0.05, 0) is 25.5 Å². The number of aryl methyl sites for hydroxylation is 1. The van der Waals surface area contributed by atoms with Crippen LogP contribution in [0.25, 0.3) is 11.1 Å². The fourth-order valence-corrected chi connectivity index (χ4v) is 3.02. The highest BCUT2D eigenvalue weighted by atomic mass is 35.5. The lowest BCUT2D eigenvalue weighted by Crippen LogP contribution is -2.34. The van der Waals surface area contributed by atoms with Crippen molar-refractivity contribution >= 4 is 35.1 Å². The van der Waals surface area contributed by atoms with Crippen LogP contribution in [0.4, 0.5) is 5.69 Å². The predicted molar refractivity (Wildman–Crippen MR) is 97.7 cm³/mol. The first-order valence-electron chi connectivity index (χ1n) is 8.32. The van der Waals surface area contributed by atoms with Crippen LogP contribution in [0.2, 0.25) is 0 Å². The van der Waals surface area contributed by atoms with Crippen molar-refractivity contribution in [2.45, 2.75) is 25.8 Å². The monoisotopic (exact) mass is 384 g/mol. The third-order valence-electron chi connectivity index (χ3n) is 4.33. The zero-order valence-electron chi connectivity index (χ0n) is 14.2. The minimum Gasteiger partial charge on any atom is -0.407 e. The van der Waals surface area contributed by atoms with Gasteiger partial charge in [-0.3, -0.25) is 19.5 Å². The fraction of sp³-hybridized carbons (Fsp3) is 0.500. The third-order valence-corrected chi connectivity index (χ3v) is 4.33. The van der Waals surface area contributed by atoms with Gasteiger partial charge in [0, 0.05) is 38.7 Å². The van der Waals surface area contributed by atoms with E-state index in [-0.39, 0.29) is 29.6 Å². The number of benzene rings is 1. The van der Waals surface area contributed by atoms with Crippen molar-refractivity contribution < 1.29 is 14.1 Å². The largest absolute Gasteiger partial charge is 0.419 e. The Balaban J connectivity index is 0.00000243. The highest BCUT2D eigenvalue weighted by Gasteiger charge is 2.17. The lowest BCUT2D eigenvalue weighted by atomic mass is 10.2. The molecule has 0 spiro atoms. The zero-order chi connectivity index (χ0) is 17.8. The summed E-state index contributed by atoms with van der Waals surface area (Å²) in [4.78, 5) is 36.3. The number of hydrogen-bond donors (Lipinski definition) is 1. The Labute approximate surface area is 155 Å². The van der Waals surface area contributed by atoms with Crippen molar-refractivity contribution in [3.63, 3.8) is 0 Å². The van der Waals surface area contributed by atoms with Gasteiger partial charge in [0.25, 0.3) is 5.69 Å². The molecular formula is C16H21ClN4O5. The normalized spacial score (nSPS) is 14.7. The number of aromatic nitrogens is 1. The van der Waals surface area contributed by atoms with Crippen molar-refractivity contribution in [1.82, 2.24) is 14.8 Å². The molecule has 1 saturated heterocycles. The van der Waals surface area contributed by atoms with Crippen molar-refractivity contribution in [1.29, 1.82) is 0 Å². The van der Waals surface area contributed by atoms with Crippen LogP contribution in [-0.4, -0.2) is 46.5 Å². The molecule has 1 aromatic heterocycles. The van der Waals surface area contributed by atoms with E-state index < -0.39 is 10.7 Å². The molecule has 0 aliphatic carbocycles. The van der Waals surface area contributed by atoms with Crippen LogP contribution in [-0.2, 0) is 11.3 Å². The van der Waals surface area contributed by atoms with Crippen molar-refractivity contribution in [3.05, 3.63) is 38.9 Å². The number of nitro benzene ring substituents is 1. The number of oxazole rings is 1. The van der Waals surface area contributed by atoms with Crippen molar-refractivity contribution in [3.8, 4) is 0 Å². The summed E-state index contributed by atoms with van der Waals surface area (Å²) in [6.45, 7) is 3.52. The molecule has 1 N–H and O–H groups in total. The van der Waals surface area contributed by atoms with E-state index in [9.17, 15) is 19.7 Å². The molecule has 10 heteroatoms. The van der Waals surface area contributed by atoms with Crippen LogP contribution >= 0.6 is 12.4 Å². The number of amides is 1. The second-order valence-electron chi connectivity index (χ2n) is 6.02. The maximum Gasteiger partial charge on any atom is 0.419 e. The van der Waals surface area contributed by atoms with Gasteiger partial charge in [0.1, 0.15) is 0 Å².